The summed E-state index contributed by atoms with van der Waals surface area (Å²) >= 11 is 0. The molecule has 0 amide bonds. The van der Waals surface area contributed by atoms with Crippen molar-refractivity contribution in [3.05, 3.63) is 65.5 Å². The van der Waals surface area contributed by atoms with E-state index in [2.05, 4.69) is 0 Å². The molecule has 0 fully saturated rings. The minimum Gasteiger partial charge on any atom is -0.324 e. The van der Waals surface area contributed by atoms with Crippen molar-refractivity contribution in [1.82, 2.24) is 0 Å². The molecule has 2 aromatic rings. The molecule has 2 aromatic carbocycles. The molecule has 0 aliphatic carbocycles. The SMILES string of the molecule is CS(=O)(=O)c1cccc(C(N)Cc2ccccc2F)c1. The van der Waals surface area contributed by atoms with Crippen molar-refractivity contribution in [2.45, 2.75) is 17.4 Å². The first-order chi connectivity index (χ1) is 9.38. The molecule has 0 heterocycles. The number of sulfone groups is 1. The normalized spacial score (nSPS) is 13.2. The van der Waals surface area contributed by atoms with Gasteiger partial charge in [-0.25, -0.2) is 12.8 Å². The Hall–Kier alpha value is -1.72. The topological polar surface area (TPSA) is 60.2 Å². The summed E-state index contributed by atoms with van der Waals surface area (Å²) in [5.74, 6) is -0.304. The molecule has 1 atom stereocenters. The van der Waals surface area contributed by atoms with E-state index in [1.54, 1.807) is 36.4 Å². The summed E-state index contributed by atoms with van der Waals surface area (Å²) in [5, 5.41) is 0. The molecule has 0 aliphatic heterocycles. The van der Waals surface area contributed by atoms with Gasteiger partial charge in [-0.3, -0.25) is 0 Å². The van der Waals surface area contributed by atoms with Crippen LogP contribution in [0.25, 0.3) is 0 Å². The summed E-state index contributed by atoms with van der Waals surface area (Å²) in [5.41, 5.74) is 7.24. The molecule has 3 nitrogen and oxygen atoms in total. The van der Waals surface area contributed by atoms with E-state index in [0.717, 1.165) is 6.26 Å². The number of hydrogen-bond acceptors (Lipinski definition) is 3. The highest BCUT2D eigenvalue weighted by molar-refractivity contribution is 7.90. The van der Waals surface area contributed by atoms with Gasteiger partial charge >= 0.3 is 0 Å². The molecule has 0 saturated heterocycles. The molecule has 0 bridgehead atoms. The van der Waals surface area contributed by atoms with E-state index in [4.69, 9.17) is 5.73 Å². The Morgan fingerprint density at radius 2 is 1.85 bits per heavy atom. The molecule has 106 valence electrons. The molecule has 0 aliphatic rings. The van der Waals surface area contributed by atoms with Gasteiger partial charge in [0.1, 0.15) is 5.82 Å². The fourth-order valence-corrected chi connectivity index (χ4v) is 2.67. The van der Waals surface area contributed by atoms with Gasteiger partial charge in [0.2, 0.25) is 0 Å². The third-order valence-corrected chi connectivity index (χ3v) is 4.22. The summed E-state index contributed by atoms with van der Waals surface area (Å²) < 4.78 is 36.6. The van der Waals surface area contributed by atoms with Crippen molar-refractivity contribution in [3.8, 4) is 0 Å². The lowest BCUT2D eigenvalue weighted by Gasteiger charge is -2.13. The highest BCUT2D eigenvalue weighted by atomic mass is 32.2. The van der Waals surface area contributed by atoms with Crippen LogP contribution in [0.2, 0.25) is 0 Å². The first kappa shape index (κ1) is 14.7. The smallest absolute Gasteiger partial charge is 0.175 e. The van der Waals surface area contributed by atoms with E-state index in [0.29, 0.717) is 17.5 Å². The first-order valence-corrected chi connectivity index (χ1v) is 8.06. The van der Waals surface area contributed by atoms with Crippen LogP contribution in [0.4, 0.5) is 4.39 Å². The lowest BCUT2D eigenvalue weighted by atomic mass is 9.99. The molecule has 20 heavy (non-hydrogen) atoms. The Morgan fingerprint density at radius 1 is 1.15 bits per heavy atom. The van der Waals surface area contributed by atoms with Crippen molar-refractivity contribution in [1.29, 1.82) is 0 Å². The maximum absolute atomic E-state index is 13.6. The van der Waals surface area contributed by atoms with E-state index >= 15 is 0 Å². The van der Waals surface area contributed by atoms with Crippen molar-refractivity contribution in [3.63, 3.8) is 0 Å². The maximum Gasteiger partial charge on any atom is 0.175 e. The molecule has 5 heteroatoms. The van der Waals surface area contributed by atoms with Crippen molar-refractivity contribution in [2.24, 2.45) is 5.73 Å². The van der Waals surface area contributed by atoms with Gasteiger partial charge in [-0.2, -0.15) is 0 Å². The van der Waals surface area contributed by atoms with Gasteiger partial charge in [0, 0.05) is 12.3 Å². The van der Waals surface area contributed by atoms with Crippen LogP contribution in [-0.2, 0) is 16.3 Å². The second kappa shape index (κ2) is 5.73. The molecule has 1 unspecified atom stereocenters. The summed E-state index contributed by atoms with van der Waals surface area (Å²) in [7, 11) is -3.27. The average Bonchev–Trinajstić information content (AvgIpc) is 2.40. The predicted octanol–water partition coefficient (Wildman–Crippen LogP) is 2.47. The van der Waals surface area contributed by atoms with Crippen LogP contribution in [0.5, 0.6) is 0 Å². The van der Waals surface area contributed by atoms with E-state index in [1.165, 1.54) is 12.1 Å². The molecule has 0 spiro atoms. The van der Waals surface area contributed by atoms with Crippen LogP contribution in [0, 0.1) is 5.82 Å². The molecular weight excluding hydrogens is 277 g/mol. The Kier molecular flexibility index (Phi) is 4.20. The van der Waals surface area contributed by atoms with Crippen LogP contribution in [0.1, 0.15) is 17.2 Å². The van der Waals surface area contributed by atoms with Gasteiger partial charge < -0.3 is 5.73 Å². The Bertz CT molecular complexity index is 713. The summed E-state index contributed by atoms with van der Waals surface area (Å²) in [6.07, 6.45) is 1.47. The van der Waals surface area contributed by atoms with Crippen molar-refractivity contribution >= 4 is 9.84 Å². The zero-order valence-corrected chi connectivity index (χ0v) is 11.9. The van der Waals surface area contributed by atoms with E-state index in [9.17, 15) is 12.8 Å². The summed E-state index contributed by atoms with van der Waals surface area (Å²) in [6, 6.07) is 12.4. The molecule has 2 N–H and O–H groups in total. The highest BCUT2D eigenvalue weighted by Crippen LogP contribution is 2.20. The van der Waals surface area contributed by atoms with Crippen LogP contribution >= 0.6 is 0 Å². The Balaban J connectivity index is 2.26. The van der Waals surface area contributed by atoms with Gasteiger partial charge in [-0.05, 0) is 35.7 Å². The third kappa shape index (κ3) is 3.43. The monoisotopic (exact) mass is 293 g/mol. The minimum atomic E-state index is -3.27. The quantitative estimate of drug-likeness (QED) is 0.942. The average molecular weight is 293 g/mol. The van der Waals surface area contributed by atoms with Crippen LogP contribution < -0.4 is 5.73 Å². The van der Waals surface area contributed by atoms with E-state index < -0.39 is 15.9 Å². The van der Waals surface area contributed by atoms with Crippen LogP contribution in [0.15, 0.2) is 53.4 Å². The molecule has 0 radical (unpaired) electrons. The highest BCUT2D eigenvalue weighted by Gasteiger charge is 2.13. The van der Waals surface area contributed by atoms with Gasteiger partial charge in [0.25, 0.3) is 0 Å². The van der Waals surface area contributed by atoms with E-state index in [-0.39, 0.29) is 10.7 Å². The van der Waals surface area contributed by atoms with Gasteiger partial charge in [0.15, 0.2) is 9.84 Å². The molecule has 0 aromatic heterocycles. The number of nitrogens with two attached hydrogens (primary N) is 1. The van der Waals surface area contributed by atoms with Gasteiger partial charge in [-0.15, -0.1) is 0 Å². The largest absolute Gasteiger partial charge is 0.324 e. The minimum absolute atomic E-state index is 0.221. The lowest BCUT2D eigenvalue weighted by molar-refractivity contribution is 0.591. The standard InChI is InChI=1S/C15H16FNO2S/c1-20(18,19)13-7-4-6-12(9-13)15(17)10-11-5-2-3-8-14(11)16/h2-9,15H,10,17H2,1H3. The second-order valence-corrected chi connectivity index (χ2v) is 6.76. The molecule has 2 rings (SSSR count). The zero-order valence-electron chi connectivity index (χ0n) is 11.1. The number of halogens is 1. The van der Waals surface area contributed by atoms with Crippen LogP contribution in [0.3, 0.4) is 0 Å². The van der Waals surface area contributed by atoms with Crippen molar-refractivity contribution in [2.75, 3.05) is 6.26 Å². The van der Waals surface area contributed by atoms with Gasteiger partial charge in [-0.1, -0.05) is 30.3 Å². The van der Waals surface area contributed by atoms with Crippen molar-refractivity contribution < 1.29 is 12.8 Å². The molecular formula is C15H16FNO2S. The summed E-state index contributed by atoms with van der Waals surface area (Å²) in [6.45, 7) is 0. The number of benzene rings is 2. The molecule has 0 saturated carbocycles. The number of rotatable bonds is 4. The summed E-state index contributed by atoms with van der Waals surface area (Å²) in [4.78, 5) is 0.221. The van der Waals surface area contributed by atoms with E-state index in [1.807, 2.05) is 0 Å². The Labute approximate surface area is 118 Å². The first-order valence-electron chi connectivity index (χ1n) is 6.17. The zero-order chi connectivity index (χ0) is 14.8. The third-order valence-electron chi connectivity index (χ3n) is 3.11. The van der Waals surface area contributed by atoms with Gasteiger partial charge in [0.05, 0.1) is 4.90 Å². The fourth-order valence-electron chi connectivity index (χ4n) is 1.99. The number of hydrogen-bond donors (Lipinski definition) is 1. The maximum atomic E-state index is 13.6. The van der Waals surface area contributed by atoms with Crippen LogP contribution in [-0.4, -0.2) is 14.7 Å². The predicted molar refractivity (Wildman–Crippen MR) is 76.6 cm³/mol. The lowest BCUT2D eigenvalue weighted by Crippen LogP contribution is -2.14. The second-order valence-electron chi connectivity index (χ2n) is 4.75. The fraction of sp³-hybridized carbons (Fsp3) is 0.200. The Morgan fingerprint density at radius 3 is 2.50 bits per heavy atom.